The predicted molar refractivity (Wildman–Crippen MR) is 82.7 cm³/mol. The van der Waals surface area contributed by atoms with Gasteiger partial charge in [-0.2, -0.15) is 0 Å². The van der Waals surface area contributed by atoms with Crippen LogP contribution in [0.5, 0.6) is 0 Å². The molecular formula is C15H17FN2O4S. The summed E-state index contributed by atoms with van der Waals surface area (Å²) in [6.45, 7) is 1.95. The molecule has 0 fully saturated rings. The van der Waals surface area contributed by atoms with Crippen LogP contribution in [0.2, 0.25) is 0 Å². The van der Waals surface area contributed by atoms with Crippen molar-refractivity contribution in [3.8, 4) is 0 Å². The molecule has 0 saturated carbocycles. The molecule has 23 heavy (non-hydrogen) atoms. The van der Waals surface area contributed by atoms with Gasteiger partial charge in [0.25, 0.3) is 10.0 Å². The number of ether oxygens (including phenoxy) is 1. The number of hydrogen-bond donors (Lipinski definition) is 1. The van der Waals surface area contributed by atoms with Crippen molar-refractivity contribution in [1.29, 1.82) is 0 Å². The first-order chi connectivity index (χ1) is 10.9. The van der Waals surface area contributed by atoms with Gasteiger partial charge in [0.15, 0.2) is 0 Å². The van der Waals surface area contributed by atoms with Crippen molar-refractivity contribution < 1.29 is 22.3 Å². The molecule has 1 aromatic carbocycles. The van der Waals surface area contributed by atoms with Gasteiger partial charge in [0, 0.05) is 31.2 Å². The third kappa shape index (κ3) is 3.83. The zero-order valence-electron chi connectivity index (χ0n) is 12.7. The third-order valence-corrected chi connectivity index (χ3v) is 4.81. The number of hydrogen-bond acceptors (Lipinski definition) is 5. The summed E-state index contributed by atoms with van der Waals surface area (Å²) in [5, 5.41) is 0.123. The molecule has 124 valence electrons. The molecule has 6 nitrogen and oxygen atoms in total. The Bertz CT molecular complexity index is 823. The van der Waals surface area contributed by atoms with Crippen molar-refractivity contribution in [2.24, 2.45) is 5.92 Å². The van der Waals surface area contributed by atoms with Crippen LogP contribution in [0, 0.1) is 11.7 Å². The van der Waals surface area contributed by atoms with E-state index in [0.717, 1.165) is 12.1 Å². The van der Waals surface area contributed by atoms with E-state index >= 15 is 0 Å². The quantitative estimate of drug-likeness (QED) is 0.867. The molecule has 0 aliphatic heterocycles. The number of pyridine rings is 1. The number of methoxy groups -OCH3 is 1. The Balaban J connectivity index is 2.34. The lowest BCUT2D eigenvalue weighted by molar-refractivity contribution is -0.123. The number of carbonyl (C=O) groups is 1. The average Bonchev–Trinajstić information content (AvgIpc) is 2.52. The maximum Gasteiger partial charge on any atom is 0.264 e. The van der Waals surface area contributed by atoms with E-state index in [9.17, 15) is 17.6 Å². The molecule has 1 heterocycles. The highest BCUT2D eigenvalue weighted by atomic mass is 32.2. The molecule has 2 rings (SSSR count). The summed E-state index contributed by atoms with van der Waals surface area (Å²) < 4.78 is 45.5. The summed E-state index contributed by atoms with van der Waals surface area (Å²) in [4.78, 5) is 15.7. The summed E-state index contributed by atoms with van der Waals surface area (Å²) in [6, 6.07) is 5.08. The van der Waals surface area contributed by atoms with Gasteiger partial charge >= 0.3 is 0 Å². The van der Waals surface area contributed by atoms with E-state index in [2.05, 4.69) is 4.98 Å². The molecular weight excluding hydrogens is 323 g/mol. The highest BCUT2D eigenvalue weighted by Crippen LogP contribution is 2.23. The topological polar surface area (TPSA) is 85.4 Å². The van der Waals surface area contributed by atoms with Gasteiger partial charge in [-0.3, -0.25) is 9.78 Å². The fraction of sp³-hybridized carbons (Fsp3) is 0.333. The smallest absolute Gasteiger partial charge is 0.264 e. The van der Waals surface area contributed by atoms with Gasteiger partial charge in [-0.25, -0.2) is 17.5 Å². The van der Waals surface area contributed by atoms with Crippen LogP contribution in [0.15, 0.2) is 35.4 Å². The van der Waals surface area contributed by atoms with Crippen molar-refractivity contribution in [2.45, 2.75) is 18.2 Å². The summed E-state index contributed by atoms with van der Waals surface area (Å²) in [7, 11) is -2.62. The van der Waals surface area contributed by atoms with E-state index in [0.29, 0.717) is 13.0 Å². The first-order valence-corrected chi connectivity index (χ1v) is 8.44. The van der Waals surface area contributed by atoms with Crippen LogP contribution in [-0.4, -0.2) is 33.0 Å². The Labute approximate surface area is 133 Å². The van der Waals surface area contributed by atoms with Crippen molar-refractivity contribution in [3.05, 3.63) is 36.3 Å². The number of halogens is 1. The minimum atomic E-state index is -4.12. The standard InChI is InChI=1S/C15H17FN2O4S/c1-10(7-9-22-2)15(19)18-23(20,21)13-6-5-12(16)14-11(13)4-3-8-17-14/h3-6,8,10H,7,9H2,1-2H3,(H,18,19)/t10-/m0/s1. The van der Waals surface area contributed by atoms with Crippen LogP contribution in [-0.2, 0) is 19.6 Å². The predicted octanol–water partition coefficient (Wildman–Crippen LogP) is 1.85. The maximum atomic E-state index is 13.7. The average molecular weight is 340 g/mol. The first-order valence-electron chi connectivity index (χ1n) is 6.95. The van der Waals surface area contributed by atoms with Gasteiger partial charge in [0.2, 0.25) is 5.91 Å². The molecule has 2 aromatic rings. The van der Waals surface area contributed by atoms with Crippen molar-refractivity contribution in [3.63, 3.8) is 0 Å². The summed E-state index contributed by atoms with van der Waals surface area (Å²) >= 11 is 0. The number of benzene rings is 1. The molecule has 0 spiro atoms. The van der Waals surface area contributed by atoms with Crippen LogP contribution < -0.4 is 4.72 Å². The van der Waals surface area contributed by atoms with Gasteiger partial charge in [-0.15, -0.1) is 0 Å². The normalized spacial score (nSPS) is 13.0. The van der Waals surface area contributed by atoms with E-state index in [-0.39, 0.29) is 15.8 Å². The van der Waals surface area contributed by atoms with E-state index in [1.165, 1.54) is 25.4 Å². The number of carbonyl (C=O) groups excluding carboxylic acids is 1. The van der Waals surface area contributed by atoms with Crippen molar-refractivity contribution in [2.75, 3.05) is 13.7 Å². The van der Waals surface area contributed by atoms with Gasteiger partial charge < -0.3 is 4.74 Å². The van der Waals surface area contributed by atoms with Crippen LogP contribution >= 0.6 is 0 Å². The van der Waals surface area contributed by atoms with E-state index in [1.54, 1.807) is 6.92 Å². The Kier molecular flexibility index (Phi) is 5.27. The number of fused-ring (bicyclic) bond motifs is 1. The highest BCUT2D eigenvalue weighted by Gasteiger charge is 2.24. The lowest BCUT2D eigenvalue weighted by atomic mass is 10.1. The largest absolute Gasteiger partial charge is 0.385 e. The lowest BCUT2D eigenvalue weighted by Gasteiger charge is -2.13. The second-order valence-electron chi connectivity index (χ2n) is 5.10. The van der Waals surface area contributed by atoms with Gasteiger partial charge in [-0.05, 0) is 30.7 Å². The Hall–Kier alpha value is -2.06. The van der Waals surface area contributed by atoms with Crippen LogP contribution in [0.25, 0.3) is 10.9 Å². The lowest BCUT2D eigenvalue weighted by Crippen LogP contribution is -2.35. The molecule has 1 atom stereocenters. The number of sulfonamides is 1. The van der Waals surface area contributed by atoms with Crippen molar-refractivity contribution in [1.82, 2.24) is 9.71 Å². The van der Waals surface area contributed by atoms with Crippen LogP contribution in [0.4, 0.5) is 4.39 Å². The molecule has 1 N–H and O–H groups in total. The molecule has 0 aliphatic carbocycles. The van der Waals surface area contributed by atoms with Gasteiger partial charge in [0.1, 0.15) is 11.3 Å². The molecule has 0 unspecified atom stereocenters. The summed E-state index contributed by atoms with van der Waals surface area (Å²) in [5.41, 5.74) is -0.0599. The zero-order chi connectivity index (χ0) is 17.0. The Morgan fingerprint density at radius 3 is 2.83 bits per heavy atom. The number of nitrogens with one attached hydrogen (secondary N) is 1. The summed E-state index contributed by atoms with van der Waals surface area (Å²) in [6.07, 6.45) is 1.76. The first kappa shape index (κ1) is 17.3. The fourth-order valence-corrected chi connectivity index (χ4v) is 3.34. The Morgan fingerprint density at radius 1 is 1.39 bits per heavy atom. The SMILES string of the molecule is COCC[C@H](C)C(=O)NS(=O)(=O)c1ccc(F)c2ncccc12. The number of amides is 1. The number of aromatic nitrogens is 1. The molecule has 1 amide bonds. The van der Waals surface area contributed by atoms with Gasteiger partial charge in [-0.1, -0.05) is 6.92 Å². The second kappa shape index (κ2) is 7.01. The van der Waals surface area contributed by atoms with Gasteiger partial charge in [0.05, 0.1) is 4.90 Å². The molecule has 0 saturated heterocycles. The summed E-state index contributed by atoms with van der Waals surface area (Å²) in [5.74, 6) is -1.79. The molecule has 0 radical (unpaired) electrons. The van der Waals surface area contributed by atoms with Crippen LogP contribution in [0.1, 0.15) is 13.3 Å². The highest BCUT2D eigenvalue weighted by molar-refractivity contribution is 7.90. The molecule has 0 aliphatic rings. The minimum Gasteiger partial charge on any atom is -0.385 e. The van der Waals surface area contributed by atoms with Crippen LogP contribution in [0.3, 0.4) is 0 Å². The zero-order valence-corrected chi connectivity index (χ0v) is 13.6. The fourth-order valence-electron chi connectivity index (χ4n) is 2.06. The van der Waals surface area contributed by atoms with E-state index in [1.807, 2.05) is 4.72 Å². The Morgan fingerprint density at radius 2 is 2.13 bits per heavy atom. The second-order valence-corrected chi connectivity index (χ2v) is 6.75. The molecule has 1 aromatic heterocycles. The van der Waals surface area contributed by atoms with Crippen molar-refractivity contribution >= 4 is 26.8 Å². The molecule has 8 heteroatoms. The maximum absolute atomic E-state index is 13.7. The van der Waals surface area contributed by atoms with E-state index < -0.39 is 27.7 Å². The number of rotatable bonds is 6. The monoisotopic (exact) mass is 340 g/mol. The molecule has 0 bridgehead atoms. The minimum absolute atomic E-state index is 0.0599. The third-order valence-electron chi connectivity index (χ3n) is 3.41. The van der Waals surface area contributed by atoms with E-state index in [4.69, 9.17) is 4.74 Å². The number of nitrogens with zero attached hydrogens (tertiary/aromatic N) is 1.